The van der Waals surface area contributed by atoms with Gasteiger partial charge in [0.2, 0.25) is 5.91 Å². The van der Waals surface area contributed by atoms with E-state index in [1.54, 1.807) is 13.3 Å². The second-order valence-electron chi connectivity index (χ2n) is 11.1. The zero-order chi connectivity index (χ0) is 26.3. The minimum absolute atomic E-state index is 0.0494. The number of carbonyl (C=O) groups excluding carboxylic acids is 1. The van der Waals surface area contributed by atoms with Gasteiger partial charge in [0.05, 0.1) is 30.6 Å². The van der Waals surface area contributed by atoms with Gasteiger partial charge in [-0.1, -0.05) is 26.8 Å². The van der Waals surface area contributed by atoms with Gasteiger partial charge in [0.15, 0.2) is 5.11 Å². The minimum Gasteiger partial charge on any atom is -0.494 e. The number of ether oxygens (including phenoxy) is 1. The van der Waals surface area contributed by atoms with Crippen LogP contribution in [0.4, 0.5) is 11.4 Å². The van der Waals surface area contributed by atoms with E-state index in [2.05, 4.69) is 64.3 Å². The molecular weight excluding hydrogens is 470 g/mol. The predicted octanol–water partition coefficient (Wildman–Crippen LogP) is 5.81. The Kier molecular flexibility index (Phi) is 6.84. The number of carbonyl (C=O) groups is 1. The van der Waals surface area contributed by atoms with Crippen molar-refractivity contribution in [2.24, 2.45) is 5.41 Å². The Hall–Kier alpha value is -3.39. The molecule has 3 heterocycles. The van der Waals surface area contributed by atoms with E-state index < -0.39 is 5.41 Å². The number of anilines is 2. The number of benzene rings is 1. The normalized spacial score (nSPS) is 18.2. The molecule has 36 heavy (non-hydrogen) atoms. The van der Waals surface area contributed by atoms with Crippen molar-refractivity contribution in [3.63, 3.8) is 0 Å². The molecule has 2 N–H and O–H groups in total. The summed E-state index contributed by atoms with van der Waals surface area (Å²) in [6.45, 7) is 12.2. The van der Waals surface area contributed by atoms with Crippen molar-refractivity contribution in [1.29, 1.82) is 0 Å². The number of rotatable bonds is 5. The van der Waals surface area contributed by atoms with Gasteiger partial charge in [-0.05, 0) is 68.9 Å². The van der Waals surface area contributed by atoms with E-state index in [0.717, 1.165) is 16.9 Å². The summed E-state index contributed by atoms with van der Waals surface area (Å²) in [7, 11) is 1.60. The molecule has 1 aliphatic heterocycles. The molecule has 0 saturated carbocycles. The second kappa shape index (κ2) is 9.58. The van der Waals surface area contributed by atoms with E-state index in [9.17, 15) is 4.79 Å². The Balaban J connectivity index is 1.77. The number of nitrogens with one attached hydrogen (secondary N) is 2. The van der Waals surface area contributed by atoms with Crippen LogP contribution in [0.15, 0.2) is 61.1 Å². The van der Waals surface area contributed by atoms with Gasteiger partial charge in [-0.2, -0.15) is 0 Å². The summed E-state index contributed by atoms with van der Waals surface area (Å²) >= 11 is 5.86. The largest absolute Gasteiger partial charge is 0.494 e. The molecule has 0 unspecified atom stereocenters. The number of pyridine rings is 1. The van der Waals surface area contributed by atoms with Gasteiger partial charge >= 0.3 is 0 Å². The van der Waals surface area contributed by atoms with Crippen molar-refractivity contribution < 1.29 is 9.53 Å². The molecule has 8 heteroatoms. The monoisotopic (exact) mass is 505 g/mol. The third-order valence-corrected chi connectivity index (χ3v) is 6.64. The first kappa shape index (κ1) is 25.7. The van der Waals surface area contributed by atoms with Crippen LogP contribution in [0.25, 0.3) is 0 Å². The second-order valence-corrected chi connectivity index (χ2v) is 11.5. The predicted molar refractivity (Wildman–Crippen MR) is 148 cm³/mol. The first-order valence-electron chi connectivity index (χ1n) is 12.1. The van der Waals surface area contributed by atoms with Crippen molar-refractivity contribution in [1.82, 2.24) is 14.9 Å². The van der Waals surface area contributed by atoms with Crippen molar-refractivity contribution in [3.05, 3.63) is 72.3 Å². The van der Waals surface area contributed by atoms with Crippen molar-refractivity contribution >= 4 is 34.6 Å². The lowest BCUT2D eigenvalue weighted by molar-refractivity contribution is -0.123. The molecule has 2 atom stereocenters. The third-order valence-electron chi connectivity index (χ3n) is 6.32. The lowest BCUT2D eigenvalue weighted by atomic mass is 9.95. The van der Waals surface area contributed by atoms with Gasteiger partial charge in [-0.25, -0.2) is 0 Å². The van der Waals surface area contributed by atoms with Crippen molar-refractivity contribution in [2.75, 3.05) is 17.3 Å². The fourth-order valence-corrected chi connectivity index (χ4v) is 4.57. The maximum Gasteiger partial charge on any atom is 0.229 e. The van der Waals surface area contributed by atoms with Crippen LogP contribution >= 0.6 is 12.2 Å². The van der Waals surface area contributed by atoms with E-state index in [1.807, 2.05) is 57.2 Å². The van der Waals surface area contributed by atoms with Gasteiger partial charge in [0, 0.05) is 41.3 Å². The van der Waals surface area contributed by atoms with Crippen molar-refractivity contribution in [3.8, 4) is 5.75 Å². The lowest BCUT2D eigenvalue weighted by Gasteiger charge is -2.28. The number of nitrogens with zero attached hydrogens (tertiary/aromatic N) is 3. The van der Waals surface area contributed by atoms with Crippen LogP contribution in [0.1, 0.15) is 64.9 Å². The molecule has 0 aliphatic carbocycles. The molecular formula is C28H35N5O2S. The minimum atomic E-state index is -0.522. The highest BCUT2D eigenvalue weighted by molar-refractivity contribution is 7.80. The van der Waals surface area contributed by atoms with E-state index in [0.29, 0.717) is 16.5 Å². The summed E-state index contributed by atoms with van der Waals surface area (Å²) in [5.41, 5.74) is 2.95. The Morgan fingerprint density at radius 2 is 1.86 bits per heavy atom. The van der Waals surface area contributed by atoms with Gasteiger partial charge in [0.25, 0.3) is 0 Å². The maximum absolute atomic E-state index is 12.6. The Labute approximate surface area is 218 Å². The molecule has 7 nitrogen and oxygen atoms in total. The van der Waals surface area contributed by atoms with Crippen LogP contribution < -0.4 is 20.3 Å². The first-order chi connectivity index (χ1) is 16.9. The summed E-state index contributed by atoms with van der Waals surface area (Å²) in [5, 5.41) is 7.08. The SMILES string of the molecule is COc1cc(N2C(=S)N[C@H](c3ccccn3)[C@H]2c2ccn(C(C)(C)C)c2)ccc1NC(=O)C(C)(C)C. The number of thiocarbonyl (C=S) groups is 1. The molecule has 1 aliphatic rings. The lowest BCUT2D eigenvalue weighted by Crippen LogP contribution is -2.30. The number of methoxy groups -OCH3 is 1. The van der Waals surface area contributed by atoms with Gasteiger partial charge < -0.3 is 24.8 Å². The Morgan fingerprint density at radius 1 is 1.11 bits per heavy atom. The summed E-state index contributed by atoms with van der Waals surface area (Å²) in [5.74, 6) is 0.490. The van der Waals surface area contributed by atoms with Gasteiger partial charge in [-0.3, -0.25) is 9.78 Å². The molecule has 0 bridgehead atoms. The Morgan fingerprint density at radius 3 is 2.44 bits per heavy atom. The fourth-order valence-electron chi connectivity index (χ4n) is 4.22. The smallest absolute Gasteiger partial charge is 0.229 e. The molecule has 190 valence electrons. The van der Waals surface area contributed by atoms with Crippen LogP contribution in [0, 0.1) is 5.41 Å². The summed E-state index contributed by atoms with van der Waals surface area (Å²) < 4.78 is 7.89. The van der Waals surface area contributed by atoms with Gasteiger partial charge in [-0.15, -0.1) is 0 Å². The molecule has 0 spiro atoms. The molecule has 4 rings (SSSR count). The molecule has 1 saturated heterocycles. The maximum atomic E-state index is 12.6. The quantitative estimate of drug-likeness (QED) is 0.427. The number of hydrogen-bond donors (Lipinski definition) is 2. The summed E-state index contributed by atoms with van der Waals surface area (Å²) in [6.07, 6.45) is 6.09. The summed E-state index contributed by atoms with van der Waals surface area (Å²) in [6, 6.07) is 13.5. The van der Waals surface area contributed by atoms with Crippen molar-refractivity contribution in [2.45, 2.75) is 59.2 Å². The highest BCUT2D eigenvalue weighted by Crippen LogP contribution is 2.43. The average Bonchev–Trinajstić information content (AvgIpc) is 3.44. The van der Waals surface area contributed by atoms with E-state index in [4.69, 9.17) is 17.0 Å². The summed E-state index contributed by atoms with van der Waals surface area (Å²) in [4.78, 5) is 19.3. The third kappa shape index (κ3) is 5.09. The van der Waals surface area contributed by atoms with E-state index >= 15 is 0 Å². The first-order valence-corrected chi connectivity index (χ1v) is 12.5. The topological polar surface area (TPSA) is 71.4 Å². The molecule has 3 aromatic rings. The van der Waals surface area contributed by atoms with Crippen LogP contribution in [0.2, 0.25) is 0 Å². The van der Waals surface area contributed by atoms with E-state index in [1.165, 1.54) is 0 Å². The average molecular weight is 506 g/mol. The molecule has 1 aromatic carbocycles. The van der Waals surface area contributed by atoms with Crippen LogP contribution in [0.5, 0.6) is 5.75 Å². The zero-order valence-corrected chi connectivity index (χ0v) is 22.8. The number of hydrogen-bond acceptors (Lipinski definition) is 4. The molecule has 2 aromatic heterocycles. The van der Waals surface area contributed by atoms with Crippen LogP contribution in [-0.2, 0) is 10.3 Å². The molecule has 0 radical (unpaired) electrons. The van der Waals surface area contributed by atoms with Crippen LogP contribution in [0.3, 0.4) is 0 Å². The highest BCUT2D eigenvalue weighted by Gasteiger charge is 2.41. The standard InChI is InChI=1S/C28H35N5O2S/c1-27(2,3)25(34)30-20-12-11-19(16-22(20)35-7)33-24(18-13-15-32(17-18)28(4,5)6)23(31-26(33)36)21-10-8-9-14-29-21/h8-17,23-24H,1-7H3,(H,30,34)(H,31,36)/t23-,24-/m1/s1. The number of aromatic nitrogens is 2. The molecule has 1 fully saturated rings. The fraction of sp³-hybridized carbons (Fsp3) is 0.393. The number of amides is 1. The molecule has 1 amide bonds. The Bertz CT molecular complexity index is 1260. The van der Waals surface area contributed by atoms with Crippen LogP contribution in [-0.4, -0.2) is 27.7 Å². The zero-order valence-electron chi connectivity index (χ0n) is 22.0. The van der Waals surface area contributed by atoms with Gasteiger partial charge in [0.1, 0.15) is 5.75 Å². The van der Waals surface area contributed by atoms with E-state index in [-0.39, 0.29) is 23.5 Å². The highest BCUT2D eigenvalue weighted by atomic mass is 32.1.